The van der Waals surface area contributed by atoms with Gasteiger partial charge in [0.1, 0.15) is 6.04 Å². The Balaban J connectivity index is 1.58. The number of thioether (sulfide) groups is 1. The van der Waals surface area contributed by atoms with Crippen molar-refractivity contribution in [3.63, 3.8) is 0 Å². The second-order valence-electron chi connectivity index (χ2n) is 9.30. The van der Waals surface area contributed by atoms with Crippen LogP contribution in [0.2, 0.25) is 5.02 Å². The number of hydrogen-bond donors (Lipinski definition) is 1. The van der Waals surface area contributed by atoms with Crippen molar-refractivity contribution in [1.82, 2.24) is 10.2 Å². The van der Waals surface area contributed by atoms with Gasteiger partial charge in [-0.05, 0) is 48.2 Å². The van der Waals surface area contributed by atoms with Crippen molar-refractivity contribution in [2.24, 2.45) is 0 Å². The van der Waals surface area contributed by atoms with E-state index in [1.807, 2.05) is 84.9 Å². The first kappa shape index (κ1) is 26.3. The van der Waals surface area contributed by atoms with Crippen LogP contribution in [0.25, 0.3) is 0 Å². The van der Waals surface area contributed by atoms with Crippen molar-refractivity contribution >= 4 is 35.2 Å². The van der Waals surface area contributed by atoms with Crippen LogP contribution in [-0.2, 0) is 22.6 Å². The van der Waals surface area contributed by atoms with Gasteiger partial charge >= 0.3 is 0 Å². The number of rotatable bonds is 10. The van der Waals surface area contributed by atoms with E-state index in [4.69, 9.17) is 11.6 Å². The van der Waals surface area contributed by atoms with Crippen molar-refractivity contribution in [2.75, 3.05) is 5.75 Å². The molecule has 0 aromatic heterocycles. The first-order chi connectivity index (χ1) is 17.6. The molecular weight excluding hydrogens is 488 g/mol. The van der Waals surface area contributed by atoms with Gasteiger partial charge in [-0.1, -0.05) is 91.5 Å². The van der Waals surface area contributed by atoms with Gasteiger partial charge in [0, 0.05) is 28.9 Å². The molecule has 3 aromatic carbocycles. The lowest BCUT2D eigenvalue weighted by molar-refractivity contribution is -0.139. The fourth-order valence-corrected chi connectivity index (χ4v) is 5.55. The summed E-state index contributed by atoms with van der Waals surface area (Å²) in [5.41, 5.74) is 2.04. The number of halogens is 1. The van der Waals surface area contributed by atoms with E-state index in [1.165, 1.54) is 18.2 Å². The topological polar surface area (TPSA) is 49.4 Å². The molecule has 3 aromatic rings. The maximum Gasteiger partial charge on any atom is 0.243 e. The average Bonchev–Trinajstić information content (AvgIpc) is 2.92. The van der Waals surface area contributed by atoms with Crippen LogP contribution in [-0.4, -0.2) is 34.6 Å². The molecule has 0 aliphatic heterocycles. The summed E-state index contributed by atoms with van der Waals surface area (Å²) in [6.45, 7) is 0.385. The van der Waals surface area contributed by atoms with E-state index in [9.17, 15) is 9.59 Å². The van der Waals surface area contributed by atoms with Crippen LogP contribution >= 0.6 is 23.4 Å². The van der Waals surface area contributed by atoms with Crippen LogP contribution in [0.4, 0.5) is 0 Å². The van der Waals surface area contributed by atoms with Crippen LogP contribution in [0.3, 0.4) is 0 Å². The molecular formula is C30H33ClN2O2S. The molecule has 0 radical (unpaired) electrons. The van der Waals surface area contributed by atoms with E-state index >= 15 is 0 Å². The Morgan fingerprint density at radius 1 is 0.861 bits per heavy atom. The zero-order valence-electron chi connectivity index (χ0n) is 20.4. The highest BCUT2D eigenvalue weighted by atomic mass is 35.5. The highest BCUT2D eigenvalue weighted by molar-refractivity contribution is 8.00. The minimum absolute atomic E-state index is 0.0569. The quantitative estimate of drug-likeness (QED) is 0.309. The summed E-state index contributed by atoms with van der Waals surface area (Å²) in [5.74, 6) is 0.126. The highest BCUT2D eigenvalue weighted by Crippen LogP contribution is 2.23. The molecule has 0 bridgehead atoms. The summed E-state index contributed by atoms with van der Waals surface area (Å²) in [6.07, 6.45) is 5.98. The highest BCUT2D eigenvalue weighted by Gasteiger charge is 2.31. The van der Waals surface area contributed by atoms with E-state index in [0.29, 0.717) is 18.0 Å². The lowest BCUT2D eigenvalue weighted by atomic mass is 9.94. The van der Waals surface area contributed by atoms with Crippen LogP contribution in [0, 0.1) is 0 Å². The second-order valence-corrected chi connectivity index (χ2v) is 10.8. The standard InChI is InChI=1S/C30H33ClN2O2S/c31-25-16-18-27(19-17-25)36-22-29(34)33(21-24-12-6-2-7-13-24)28(20-23-10-4-1-5-11-23)30(35)32-26-14-8-3-9-15-26/h1-2,4-7,10-13,16-19,26,28H,3,8-9,14-15,20-22H2,(H,32,35)/t28-/m1/s1. The van der Waals surface area contributed by atoms with Crippen molar-refractivity contribution in [1.29, 1.82) is 0 Å². The Kier molecular flexibility index (Phi) is 9.88. The fourth-order valence-electron chi connectivity index (χ4n) is 4.64. The normalized spacial score (nSPS) is 14.7. The number of nitrogens with one attached hydrogen (secondary N) is 1. The van der Waals surface area contributed by atoms with Gasteiger partial charge in [-0.3, -0.25) is 9.59 Å². The van der Waals surface area contributed by atoms with E-state index in [2.05, 4.69) is 5.32 Å². The molecule has 0 heterocycles. The summed E-state index contributed by atoms with van der Waals surface area (Å²) >= 11 is 7.49. The number of amides is 2. The molecule has 1 aliphatic carbocycles. The first-order valence-electron chi connectivity index (χ1n) is 12.6. The van der Waals surface area contributed by atoms with E-state index in [-0.39, 0.29) is 23.6 Å². The van der Waals surface area contributed by atoms with Gasteiger partial charge in [0.05, 0.1) is 5.75 Å². The third-order valence-corrected chi connectivity index (χ3v) is 7.84. The third-order valence-electron chi connectivity index (χ3n) is 6.59. The molecule has 188 valence electrons. The molecule has 0 saturated heterocycles. The Hall–Kier alpha value is -2.76. The lowest BCUT2D eigenvalue weighted by Crippen LogP contribution is -2.53. The molecule has 1 fully saturated rings. The minimum atomic E-state index is -0.590. The molecule has 1 saturated carbocycles. The molecule has 2 amide bonds. The van der Waals surface area contributed by atoms with E-state index in [0.717, 1.165) is 41.7 Å². The predicted molar refractivity (Wildman–Crippen MR) is 148 cm³/mol. The van der Waals surface area contributed by atoms with Crippen LogP contribution < -0.4 is 5.32 Å². The monoisotopic (exact) mass is 520 g/mol. The van der Waals surface area contributed by atoms with Gasteiger partial charge in [0.2, 0.25) is 11.8 Å². The Morgan fingerprint density at radius 2 is 1.47 bits per heavy atom. The van der Waals surface area contributed by atoms with Crippen LogP contribution in [0.15, 0.2) is 89.8 Å². The lowest BCUT2D eigenvalue weighted by Gasteiger charge is -2.33. The van der Waals surface area contributed by atoms with Crippen LogP contribution in [0.1, 0.15) is 43.2 Å². The van der Waals surface area contributed by atoms with Gasteiger partial charge in [0.15, 0.2) is 0 Å². The summed E-state index contributed by atoms with van der Waals surface area (Å²) in [5, 5.41) is 3.95. The van der Waals surface area contributed by atoms with Gasteiger partial charge in [0.25, 0.3) is 0 Å². The number of benzene rings is 3. The molecule has 4 nitrogen and oxygen atoms in total. The zero-order valence-corrected chi connectivity index (χ0v) is 22.0. The summed E-state index contributed by atoms with van der Waals surface area (Å²) < 4.78 is 0. The fraction of sp³-hybridized carbons (Fsp3) is 0.333. The molecule has 0 unspecified atom stereocenters. The zero-order chi connectivity index (χ0) is 25.2. The number of carbonyl (C=O) groups is 2. The van der Waals surface area contributed by atoms with Gasteiger partial charge in [-0.2, -0.15) is 0 Å². The summed E-state index contributed by atoms with van der Waals surface area (Å²) in [6, 6.07) is 26.9. The van der Waals surface area contributed by atoms with Crippen molar-refractivity contribution in [3.05, 3.63) is 101 Å². The second kappa shape index (κ2) is 13.5. The van der Waals surface area contributed by atoms with Crippen LogP contribution in [0.5, 0.6) is 0 Å². The summed E-state index contributed by atoms with van der Waals surface area (Å²) in [4.78, 5) is 30.2. The third kappa shape index (κ3) is 7.87. The maximum atomic E-state index is 13.7. The Morgan fingerprint density at radius 3 is 2.11 bits per heavy atom. The van der Waals surface area contributed by atoms with Crippen molar-refractivity contribution in [2.45, 2.75) is 62.0 Å². The molecule has 1 N–H and O–H groups in total. The van der Waals surface area contributed by atoms with Gasteiger partial charge < -0.3 is 10.2 Å². The number of carbonyl (C=O) groups excluding carboxylic acids is 2. The largest absolute Gasteiger partial charge is 0.352 e. The smallest absolute Gasteiger partial charge is 0.243 e. The Labute approximate surface area is 223 Å². The minimum Gasteiger partial charge on any atom is -0.352 e. The summed E-state index contributed by atoms with van der Waals surface area (Å²) in [7, 11) is 0. The molecule has 1 atom stereocenters. The predicted octanol–water partition coefficient (Wildman–Crippen LogP) is 6.52. The average molecular weight is 521 g/mol. The number of hydrogen-bond acceptors (Lipinski definition) is 3. The van der Waals surface area contributed by atoms with Crippen molar-refractivity contribution in [3.8, 4) is 0 Å². The van der Waals surface area contributed by atoms with Crippen molar-refractivity contribution < 1.29 is 9.59 Å². The SMILES string of the molecule is O=C(NC1CCCCC1)[C@@H](Cc1ccccc1)N(Cc1ccccc1)C(=O)CSc1ccc(Cl)cc1. The molecule has 6 heteroatoms. The van der Waals surface area contributed by atoms with E-state index < -0.39 is 6.04 Å². The number of nitrogens with zero attached hydrogens (tertiary/aromatic N) is 1. The molecule has 36 heavy (non-hydrogen) atoms. The Bertz CT molecular complexity index is 1100. The maximum absolute atomic E-state index is 13.7. The molecule has 4 rings (SSSR count). The first-order valence-corrected chi connectivity index (χ1v) is 14.0. The van der Waals surface area contributed by atoms with Gasteiger partial charge in [-0.25, -0.2) is 0 Å². The molecule has 1 aliphatic rings. The molecule has 0 spiro atoms. The van der Waals surface area contributed by atoms with Gasteiger partial charge in [-0.15, -0.1) is 11.8 Å². The van der Waals surface area contributed by atoms with E-state index in [1.54, 1.807) is 4.90 Å².